The van der Waals surface area contributed by atoms with Gasteiger partial charge in [-0.3, -0.25) is 14.6 Å². The molecule has 0 unspecified atom stereocenters. The van der Waals surface area contributed by atoms with Gasteiger partial charge in [-0.15, -0.1) is 0 Å². The van der Waals surface area contributed by atoms with Gasteiger partial charge in [0.25, 0.3) is 11.8 Å². The van der Waals surface area contributed by atoms with E-state index < -0.39 is 18.4 Å². The number of nitrogens with zero attached hydrogens (tertiary/aromatic N) is 4. The first-order valence-corrected chi connectivity index (χ1v) is 18.7. The lowest BCUT2D eigenvalue weighted by Gasteiger charge is -2.31. The Labute approximate surface area is 308 Å². The van der Waals surface area contributed by atoms with Gasteiger partial charge in [0.15, 0.2) is 29.2 Å². The largest absolute Gasteiger partial charge is 0.493 e. The molecule has 14 heteroatoms. The number of aliphatic hydroxyl groups excluding tert-OH is 1. The van der Waals surface area contributed by atoms with Crippen LogP contribution in [0.15, 0.2) is 53.6 Å². The molecule has 2 fully saturated rings. The van der Waals surface area contributed by atoms with Gasteiger partial charge in [0.2, 0.25) is 0 Å². The number of anilines is 1. The van der Waals surface area contributed by atoms with Gasteiger partial charge in [-0.1, -0.05) is 31.2 Å². The number of amides is 3. The molecule has 0 saturated carbocycles. The second-order valence-electron chi connectivity index (χ2n) is 13.4. The molecular weight excluding hydrogens is 689 g/mol. The molecule has 0 aromatic heterocycles. The quantitative estimate of drug-likeness (QED) is 0.204. The average molecular weight is 735 g/mol. The van der Waals surface area contributed by atoms with E-state index in [9.17, 15) is 19.5 Å². The third-order valence-electron chi connectivity index (χ3n) is 9.73. The van der Waals surface area contributed by atoms with Crippen molar-refractivity contribution in [2.75, 3.05) is 58.3 Å². The minimum atomic E-state index is -1.36. The van der Waals surface area contributed by atoms with Crippen molar-refractivity contribution in [3.63, 3.8) is 0 Å². The van der Waals surface area contributed by atoms with Crippen LogP contribution >= 0.6 is 11.8 Å². The molecule has 13 nitrogen and oxygen atoms in total. The molecule has 6 rings (SSSR count). The highest BCUT2D eigenvalue weighted by Gasteiger charge is 2.46. The zero-order valence-electron chi connectivity index (χ0n) is 30.1. The number of hydrogen-bond donors (Lipinski definition) is 1. The van der Waals surface area contributed by atoms with Gasteiger partial charge in [-0.2, -0.15) is 11.8 Å². The van der Waals surface area contributed by atoms with Crippen molar-refractivity contribution in [3.8, 4) is 23.0 Å². The second kappa shape index (κ2) is 15.9. The van der Waals surface area contributed by atoms with Crippen molar-refractivity contribution in [1.29, 1.82) is 0 Å². The molecular formula is C38H46N4O9S. The van der Waals surface area contributed by atoms with Crippen molar-refractivity contribution in [2.45, 2.75) is 62.6 Å². The Hall–Kier alpha value is -4.69. The average Bonchev–Trinajstić information content (AvgIpc) is 3.68. The first kappa shape index (κ1) is 37.1. The molecule has 2 saturated heterocycles. The van der Waals surface area contributed by atoms with Gasteiger partial charge in [0.05, 0.1) is 62.0 Å². The van der Waals surface area contributed by atoms with Crippen LogP contribution in [0, 0.1) is 0 Å². The summed E-state index contributed by atoms with van der Waals surface area (Å²) in [4.78, 5) is 49.6. The van der Waals surface area contributed by atoms with Crippen LogP contribution in [0.25, 0.3) is 0 Å². The van der Waals surface area contributed by atoms with Crippen LogP contribution in [0.1, 0.15) is 59.7 Å². The predicted molar refractivity (Wildman–Crippen MR) is 199 cm³/mol. The molecule has 0 spiro atoms. The lowest BCUT2D eigenvalue weighted by Crippen LogP contribution is -2.51. The molecule has 4 heterocycles. The summed E-state index contributed by atoms with van der Waals surface area (Å²) < 4.78 is 29.0. The minimum absolute atomic E-state index is 0.0428. The summed E-state index contributed by atoms with van der Waals surface area (Å²) in [5.74, 6) is 1.18. The van der Waals surface area contributed by atoms with E-state index in [-0.39, 0.29) is 47.5 Å². The number of aliphatic hydroxyl groups is 1. The van der Waals surface area contributed by atoms with Crippen LogP contribution in [0.4, 0.5) is 16.2 Å². The van der Waals surface area contributed by atoms with Crippen molar-refractivity contribution >= 4 is 47.3 Å². The highest BCUT2D eigenvalue weighted by atomic mass is 32.2. The molecule has 278 valence electrons. The standard InChI is InChI=1S/C38H46N4O9S/c1-22-12-25-18-39-28-16-33(31(47-4)14-26(28)35(43)40(25)19-22)49-10-8-7-9-11-50-34-17-29-27(15-32(34)48-5)36(44)41-20-23(2)13-30(41)37(45)42(29)38(46)51-21-24(3)52-6/h14-18,24-25,30,37,45H,1-2,7-13,19-21H2,3-6H3/t24-,25+,30+,37+/m1/s1. The van der Waals surface area contributed by atoms with Gasteiger partial charge in [0.1, 0.15) is 6.61 Å². The highest BCUT2D eigenvalue weighted by molar-refractivity contribution is 7.99. The molecule has 0 bridgehead atoms. The van der Waals surface area contributed by atoms with Crippen LogP contribution < -0.4 is 23.8 Å². The van der Waals surface area contributed by atoms with Crippen molar-refractivity contribution < 1.29 is 43.2 Å². The molecule has 52 heavy (non-hydrogen) atoms. The van der Waals surface area contributed by atoms with Gasteiger partial charge in [-0.25, -0.2) is 9.69 Å². The van der Waals surface area contributed by atoms with Crippen molar-refractivity contribution in [1.82, 2.24) is 9.80 Å². The fourth-order valence-electron chi connectivity index (χ4n) is 6.86. The second-order valence-corrected chi connectivity index (χ2v) is 14.7. The maximum Gasteiger partial charge on any atom is 0.416 e. The number of hydrogen-bond acceptors (Lipinski definition) is 11. The van der Waals surface area contributed by atoms with Crippen LogP contribution in [0.2, 0.25) is 0 Å². The van der Waals surface area contributed by atoms with E-state index in [2.05, 4.69) is 18.2 Å². The number of rotatable bonds is 13. The molecule has 4 aliphatic rings. The smallest absolute Gasteiger partial charge is 0.416 e. The lowest BCUT2D eigenvalue weighted by atomic mass is 10.1. The Kier molecular flexibility index (Phi) is 11.3. The van der Waals surface area contributed by atoms with Crippen LogP contribution in [-0.2, 0) is 4.74 Å². The molecule has 2 aromatic carbocycles. The number of benzene rings is 2. The number of thioether (sulfide) groups is 1. The normalized spacial score (nSPS) is 21.2. The van der Waals surface area contributed by atoms with E-state index in [1.54, 1.807) is 59.2 Å². The Balaban J connectivity index is 1.09. The van der Waals surface area contributed by atoms with Crippen LogP contribution in [0.3, 0.4) is 0 Å². The van der Waals surface area contributed by atoms with Crippen LogP contribution in [-0.4, -0.2) is 116 Å². The minimum Gasteiger partial charge on any atom is -0.493 e. The maximum absolute atomic E-state index is 13.8. The Morgan fingerprint density at radius 2 is 1.52 bits per heavy atom. The van der Waals surface area contributed by atoms with Gasteiger partial charge >= 0.3 is 6.09 Å². The summed E-state index contributed by atoms with van der Waals surface area (Å²) in [6.07, 6.45) is 4.82. The van der Waals surface area contributed by atoms with E-state index in [0.717, 1.165) is 22.5 Å². The van der Waals surface area contributed by atoms with E-state index in [1.807, 2.05) is 13.2 Å². The Morgan fingerprint density at radius 3 is 2.19 bits per heavy atom. The maximum atomic E-state index is 13.8. The molecule has 0 aliphatic carbocycles. The third kappa shape index (κ3) is 7.45. The number of methoxy groups -OCH3 is 2. The van der Waals surface area contributed by atoms with Crippen molar-refractivity contribution in [3.05, 3.63) is 59.7 Å². The molecule has 1 N–H and O–H groups in total. The molecule has 2 aromatic rings. The summed E-state index contributed by atoms with van der Waals surface area (Å²) in [5, 5.41) is 11.6. The van der Waals surface area contributed by atoms with Crippen LogP contribution in [0.5, 0.6) is 23.0 Å². The van der Waals surface area contributed by atoms with Gasteiger partial charge in [0, 0.05) is 36.7 Å². The number of fused-ring (bicyclic) bond motifs is 4. The van der Waals surface area contributed by atoms with E-state index >= 15 is 0 Å². The molecule has 3 amide bonds. The van der Waals surface area contributed by atoms with Crippen molar-refractivity contribution in [2.24, 2.45) is 4.99 Å². The van der Waals surface area contributed by atoms with E-state index in [4.69, 9.17) is 23.7 Å². The highest BCUT2D eigenvalue weighted by Crippen LogP contribution is 2.42. The van der Waals surface area contributed by atoms with Gasteiger partial charge < -0.3 is 38.6 Å². The Bertz CT molecular complexity index is 1780. The molecule has 4 atom stereocenters. The lowest BCUT2D eigenvalue weighted by molar-refractivity contribution is 0.0491. The topological polar surface area (TPSA) is 140 Å². The fourth-order valence-corrected chi connectivity index (χ4v) is 7.07. The van der Waals surface area contributed by atoms with E-state index in [1.165, 1.54) is 7.11 Å². The summed E-state index contributed by atoms with van der Waals surface area (Å²) >= 11 is 1.55. The number of unbranched alkanes of at least 4 members (excludes halogenated alkanes) is 2. The fraction of sp³-hybridized carbons (Fsp3) is 0.474. The summed E-state index contributed by atoms with van der Waals surface area (Å²) in [6.45, 7) is 11.6. The zero-order chi connectivity index (χ0) is 37.1. The Morgan fingerprint density at radius 1 is 0.904 bits per heavy atom. The third-order valence-corrected chi connectivity index (χ3v) is 10.7. The van der Waals surface area contributed by atoms with E-state index in [0.29, 0.717) is 79.7 Å². The summed E-state index contributed by atoms with van der Waals surface area (Å²) in [6, 6.07) is 5.78. The predicted octanol–water partition coefficient (Wildman–Crippen LogP) is 5.62. The molecule has 4 aliphatic heterocycles. The molecule has 0 radical (unpaired) electrons. The first-order valence-electron chi connectivity index (χ1n) is 17.4. The summed E-state index contributed by atoms with van der Waals surface area (Å²) in [7, 11) is 3.02. The van der Waals surface area contributed by atoms with Gasteiger partial charge in [-0.05, 0) is 50.5 Å². The number of carbonyl (C=O) groups is 3. The SMILES string of the molecule is C=C1C[C@H]2C=Nc3cc(OCCCCCOc4cc5c(cc4OC)C(=O)N4CC(=C)C[C@H]4[C@H](O)N5C(=O)OC[C@@H](C)SC)c(OC)cc3C(=O)N2C1. The number of aliphatic imine (C=N–C) groups is 1. The summed E-state index contributed by atoms with van der Waals surface area (Å²) in [5.41, 5.74) is 3.20. The number of carbonyl (C=O) groups excluding carboxylic acids is 3. The zero-order valence-corrected chi connectivity index (χ0v) is 30.9. The number of ether oxygens (including phenoxy) is 5. The monoisotopic (exact) mass is 734 g/mol. The first-order chi connectivity index (χ1) is 25.0.